The van der Waals surface area contributed by atoms with Gasteiger partial charge in [0.2, 0.25) is 0 Å². The average Bonchev–Trinajstić information content (AvgIpc) is 1.61. The fourth-order valence-corrected chi connectivity index (χ4v) is 0.181. The Morgan fingerprint density at radius 1 is 1.38 bits per heavy atom. The van der Waals surface area contributed by atoms with Gasteiger partial charge in [0, 0.05) is 6.54 Å². The van der Waals surface area contributed by atoms with E-state index in [-0.39, 0.29) is 34.0 Å². The maximum atomic E-state index is 7.89. The maximum absolute atomic E-state index is 7.89. The summed E-state index contributed by atoms with van der Waals surface area (Å²) in [5.41, 5.74) is 7.05. The lowest BCUT2D eigenvalue weighted by atomic mass is 10.4. The number of nitrogens with two attached hydrogens (primary N) is 1. The van der Waals surface area contributed by atoms with Crippen LogP contribution in [0.1, 0.15) is 6.42 Å². The van der Waals surface area contributed by atoms with Gasteiger partial charge in [-0.1, -0.05) is 0 Å². The van der Waals surface area contributed by atoms with E-state index < -0.39 is 0 Å². The van der Waals surface area contributed by atoms with Crippen molar-refractivity contribution < 1.29 is 5.21 Å². The molecule has 0 aliphatic rings. The first-order valence-corrected chi connectivity index (χ1v) is 1.99. The predicted molar refractivity (Wildman–Crippen MR) is 44.1 cm³/mol. The fraction of sp³-hybridized carbons (Fsp3) is 1.00. The Balaban J connectivity index is -0.000000125. The van der Waals surface area contributed by atoms with Crippen molar-refractivity contribution in [1.82, 2.24) is 5.48 Å². The van der Waals surface area contributed by atoms with Crippen LogP contribution in [0.15, 0.2) is 0 Å². The quantitative estimate of drug-likeness (QED) is 0.505. The van der Waals surface area contributed by atoms with Gasteiger partial charge < -0.3 is 10.9 Å². The van der Waals surface area contributed by atoms with Crippen LogP contribution in [-0.2, 0) is 0 Å². The molecule has 54 valence electrons. The molecule has 0 aliphatic carbocycles. The molecule has 0 rings (SSSR count). The SMILES string of the molecule is Br.Br.NCCCNO. The van der Waals surface area contributed by atoms with E-state index >= 15 is 0 Å². The lowest BCUT2D eigenvalue weighted by Gasteiger charge is -1.89. The van der Waals surface area contributed by atoms with Crippen molar-refractivity contribution in [3.8, 4) is 0 Å². The number of hydrogen-bond donors (Lipinski definition) is 3. The van der Waals surface area contributed by atoms with E-state index in [1.807, 2.05) is 5.48 Å². The van der Waals surface area contributed by atoms with Crippen molar-refractivity contribution in [3.05, 3.63) is 0 Å². The van der Waals surface area contributed by atoms with Gasteiger partial charge in [-0.3, -0.25) is 0 Å². The molecule has 0 heterocycles. The molecule has 0 atom stereocenters. The molecule has 8 heavy (non-hydrogen) atoms. The van der Waals surface area contributed by atoms with Crippen LogP contribution in [0.2, 0.25) is 0 Å². The molecule has 0 aliphatic heterocycles. The van der Waals surface area contributed by atoms with Gasteiger partial charge in [-0.15, -0.1) is 34.0 Å². The van der Waals surface area contributed by atoms with Crippen LogP contribution < -0.4 is 11.2 Å². The minimum Gasteiger partial charge on any atom is -0.330 e. The first kappa shape index (κ1) is 15.9. The smallest absolute Gasteiger partial charge is 0.0219 e. The molecule has 0 aromatic carbocycles. The van der Waals surface area contributed by atoms with E-state index in [9.17, 15) is 0 Å². The molecule has 0 bridgehead atoms. The molecule has 0 spiro atoms. The van der Waals surface area contributed by atoms with Crippen LogP contribution in [-0.4, -0.2) is 18.3 Å². The van der Waals surface area contributed by atoms with Crippen molar-refractivity contribution in [3.63, 3.8) is 0 Å². The third kappa shape index (κ3) is 15.8. The Morgan fingerprint density at radius 3 is 2.00 bits per heavy atom. The molecule has 0 amide bonds. The van der Waals surface area contributed by atoms with Crippen LogP contribution in [0.5, 0.6) is 0 Å². The van der Waals surface area contributed by atoms with E-state index in [2.05, 4.69) is 0 Å². The second kappa shape index (κ2) is 15.7. The molecule has 5 heteroatoms. The molecule has 0 aromatic heterocycles. The number of hydroxylamine groups is 1. The highest BCUT2D eigenvalue weighted by Crippen LogP contribution is 1.62. The molecular weight excluding hydrogens is 240 g/mol. The van der Waals surface area contributed by atoms with E-state index in [0.717, 1.165) is 6.42 Å². The zero-order valence-corrected chi connectivity index (χ0v) is 7.89. The van der Waals surface area contributed by atoms with Gasteiger partial charge in [0.1, 0.15) is 0 Å². The normalized spacial score (nSPS) is 6.75. The highest BCUT2D eigenvalue weighted by atomic mass is 79.9. The number of nitrogens with one attached hydrogen (secondary N) is 1. The first-order chi connectivity index (χ1) is 2.91. The van der Waals surface area contributed by atoms with Crippen LogP contribution in [0.3, 0.4) is 0 Å². The summed E-state index contributed by atoms with van der Waals surface area (Å²) in [5, 5.41) is 7.89. The monoisotopic (exact) mass is 250 g/mol. The number of rotatable bonds is 3. The third-order valence-corrected chi connectivity index (χ3v) is 0.493. The zero-order chi connectivity index (χ0) is 4.83. The van der Waals surface area contributed by atoms with Gasteiger partial charge >= 0.3 is 0 Å². The molecular formula is C3H12Br2N2O. The summed E-state index contributed by atoms with van der Waals surface area (Å²) < 4.78 is 0. The molecule has 0 unspecified atom stereocenters. The summed E-state index contributed by atoms with van der Waals surface area (Å²) >= 11 is 0. The summed E-state index contributed by atoms with van der Waals surface area (Å²) in [4.78, 5) is 0. The van der Waals surface area contributed by atoms with Gasteiger partial charge in [0.15, 0.2) is 0 Å². The third-order valence-electron chi connectivity index (χ3n) is 0.493. The van der Waals surface area contributed by atoms with Gasteiger partial charge in [-0.2, -0.15) is 0 Å². The van der Waals surface area contributed by atoms with Gasteiger partial charge in [0.25, 0.3) is 0 Å². The Kier molecular flexibility index (Phi) is 31.2. The average molecular weight is 252 g/mol. The lowest BCUT2D eigenvalue weighted by molar-refractivity contribution is 0.166. The first-order valence-electron chi connectivity index (χ1n) is 1.99. The van der Waals surface area contributed by atoms with Crippen LogP contribution in [0, 0.1) is 0 Å². The topological polar surface area (TPSA) is 58.3 Å². The lowest BCUT2D eigenvalue weighted by Crippen LogP contribution is -2.13. The van der Waals surface area contributed by atoms with Crippen molar-refractivity contribution in [1.29, 1.82) is 0 Å². The summed E-state index contributed by atoms with van der Waals surface area (Å²) in [6.07, 6.45) is 0.830. The Bertz CT molecular complexity index is 27.2. The van der Waals surface area contributed by atoms with Crippen molar-refractivity contribution >= 4 is 34.0 Å². The van der Waals surface area contributed by atoms with Gasteiger partial charge in [-0.05, 0) is 13.0 Å². The molecule has 0 fully saturated rings. The van der Waals surface area contributed by atoms with E-state index in [0.29, 0.717) is 13.1 Å². The summed E-state index contributed by atoms with van der Waals surface area (Å²) in [6, 6.07) is 0. The van der Waals surface area contributed by atoms with Crippen molar-refractivity contribution in [2.75, 3.05) is 13.1 Å². The second-order valence-corrected chi connectivity index (χ2v) is 1.05. The van der Waals surface area contributed by atoms with Crippen LogP contribution in [0.4, 0.5) is 0 Å². The van der Waals surface area contributed by atoms with Crippen LogP contribution in [0.25, 0.3) is 0 Å². The Morgan fingerprint density at radius 2 is 1.88 bits per heavy atom. The highest BCUT2D eigenvalue weighted by molar-refractivity contribution is 8.93. The number of halogens is 2. The van der Waals surface area contributed by atoms with E-state index in [4.69, 9.17) is 10.9 Å². The fourth-order valence-electron chi connectivity index (χ4n) is 0.181. The van der Waals surface area contributed by atoms with Crippen LogP contribution >= 0.6 is 34.0 Å². The minimum atomic E-state index is 0. The van der Waals surface area contributed by atoms with E-state index in [1.54, 1.807) is 0 Å². The standard InChI is InChI=1S/C3H10N2O.2BrH/c4-2-1-3-5-6;;/h5-6H,1-4H2;2*1H. The molecule has 0 aromatic rings. The van der Waals surface area contributed by atoms with Gasteiger partial charge in [-0.25, -0.2) is 5.48 Å². The number of hydrogen-bond acceptors (Lipinski definition) is 3. The maximum Gasteiger partial charge on any atom is 0.0219 e. The van der Waals surface area contributed by atoms with Crippen molar-refractivity contribution in [2.24, 2.45) is 5.73 Å². The summed E-state index contributed by atoms with van der Waals surface area (Å²) in [5.74, 6) is 0. The van der Waals surface area contributed by atoms with Gasteiger partial charge in [0.05, 0.1) is 0 Å². The molecule has 3 nitrogen and oxygen atoms in total. The Hall–Kier alpha value is 0.840. The van der Waals surface area contributed by atoms with Crippen molar-refractivity contribution in [2.45, 2.75) is 6.42 Å². The molecule has 0 saturated carbocycles. The summed E-state index contributed by atoms with van der Waals surface area (Å²) in [6.45, 7) is 1.23. The predicted octanol–water partition coefficient (Wildman–Crippen LogP) is 0.470. The molecule has 0 radical (unpaired) electrons. The zero-order valence-electron chi connectivity index (χ0n) is 4.46. The largest absolute Gasteiger partial charge is 0.330 e. The molecule has 0 saturated heterocycles. The Labute approximate surface area is 70.1 Å². The van der Waals surface area contributed by atoms with E-state index in [1.165, 1.54) is 0 Å². The minimum absolute atomic E-state index is 0. The summed E-state index contributed by atoms with van der Waals surface area (Å²) in [7, 11) is 0. The second-order valence-electron chi connectivity index (χ2n) is 1.05. The highest BCUT2D eigenvalue weighted by Gasteiger charge is 1.74. The molecule has 4 N–H and O–H groups in total.